The van der Waals surface area contributed by atoms with Crippen LogP contribution in [0.1, 0.15) is 12.6 Å². The summed E-state index contributed by atoms with van der Waals surface area (Å²) in [5, 5.41) is 13.9. The highest BCUT2D eigenvalue weighted by atomic mass is 35.5. The lowest BCUT2D eigenvalue weighted by molar-refractivity contribution is -0.385. The molecule has 1 aromatic heterocycles. The van der Waals surface area contributed by atoms with Crippen molar-refractivity contribution in [3.63, 3.8) is 0 Å². The van der Waals surface area contributed by atoms with Crippen LogP contribution in [-0.4, -0.2) is 33.4 Å². The third-order valence-electron chi connectivity index (χ3n) is 2.28. The Bertz CT molecular complexity index is 444. The van der Waals surface area contributed by atoms with Gasteiger partial charge in [-0.15, -0.1) is 0 Å². The monoisotopic (exact) mass is 290 g/mol. The van der Waals surface area contributed by atoms with E-state index in [0.717, 1.165) is 5.75 Å². The first-order valence-electron chi connectivity index (χ1n) is 5.37. The van der Waals surface area contributed by atoms with Crippen molar-refractivity contribution in [3.05, 3.63) is 21.1 Å². The van der Waals surface area contributed by atoms with E-state index in [1.165, 1.54) is 0 Å². The summed E-state index contributed by atoms with van der Waals surface area (Å²) in [6.45, 7) is 4.21. The van der Waals surface area contributed by atoms with Crippen molar-refractivity contribution >= 4 is 34.9 Å². The lowest BCUT2D eigenvalue weighted by Gasteiger charge is -2.12. The van der Waals surface area contributed by atoms with Crippen molar-refractivity contribution < 1.29 is 4.92 Å². The van der Waals surface area contributed by atoms with Gasteiger partial charge < -0.3 is 5.32 Å². The van der Waals surface area contributed by atoms with E-state index in [4.69, 9.17) is 11.6 Å². The second-order valence-corrected chi connectivity index (χ2v) is 5.22. The van der Waals surface area contributed by atoms with Gasteiger partial charge in [0.2, 0.25) is 11.1 Å². The SMILES string of the molecule is CSCC(C)CNc1nc(Cl)nc(C)c1[N+](=O)[O-]. The fourth-order valence-corrected chi connectivity index (χ4v) is 2.39. The molecule has 1 unspecified atom stereocenters. The molecule has 0 aliphatic rings. The van der Waals surface area contributed by atoms with Gasteiger partial charge in [0.15, 0.2) is 0 Å². The lowest BCUT2D eigenvalue weighted by atomic mass is 10.2. The first-order chi connectivity index (χ1) is 8.45. The molecule has 0 aromatic carbocycles. The molecule has 8 heteroatoms. The van der Waals surface area contributed by atoms with Crippen LogP contribution in [0.25, 0.3) is 0 Å². The zero-order valence-corrected chi connectivity index (χ0v) is 12.0. The Morgan fingerprint density at radius 1 is 1.56 bits per heavy atom. The zero-order chi connectivity index (χ0) is 13.7. The molecule has 0 spiro atoms. The molecule has 0 aliphatic heterocycles. The van der Waals surface area contributed by atoms with Crippen molar-refractivity contribution in [2.75, 3.05) is 23.9 Å². The number of aryl methyl sites for hydroxylation is 1. The molecule has 1 aromatic rings. The maximum atomic E-state index is 11.0. The van der Waals surface area contributed by atoms with Crippen molar-refractivity contribution in [2.45, 2.75) is 13.8 Å². The maximum absolute atomic E-state index is 11.0. The van der Waals surface area contributed by atoms with E-state index in [9.17, 15) is 10.1 Å². The van der Waals surface area contributed by atoms with Crippen LogP contribution in [0.3, 0.4) is 0 Å². The van der Waals surface area contributed by atoms with Gasteiger partial charge in [-0.3, -0.25) is 10.1 Å². The van der Waals surface area contributed by atoms with Gasteiger partial charge in [-0.2, -0.15) is 16.7 Å². The van der Waals surface area contributed by atoms with Crippen molar-refractivity contribution in [1.29, 1.82) is 0 Å². The summed E-state index contributed by atoms with van der Waals surface area (Å²) in [6, 6.07) is 0. The number of aromatic nitrogens is 2. The first kappa shape index (κ1) is 15.0. The molecule has 0 amide bonds. The minimum atomic E-state index is -0.493. The Balaban J connectivity index is 2.90. The molecule has 6 nitrogen and oxygen atoms in total. The maximum Gasteiger partial charge on any atom is 0.332 e. The Morgan fingerprint density at radius 2 is 2.22 bits per heavy atom. The van der Waals surface area contributed by atoms with Gasteiger partial charge in [-0.25, -0.2) is 4.98 Å². The molecule has 1 N–H and O–H groups in total. The molecule has 0 saturated carbocycles. The number of rotatable bonds is 6. The summed E-state index contributed by atoms with van der Waals surface area (Å²) < 4.78 is 0. The predicted molar refractivity (Wildman–Crippen MR) is 74.5 cm³/mol. The molecular formula is C10H15ClN4O2S. The standard InChI is InChI=1S/C10H15ClN4O2S/c1-6(5-18-3)4-12-9-8(15(16)17)7(2)13-10(11)14-9/h6H,4-5H2,1-3H3,(H,12,13,14). The van der Waals surface area contributed by atoms with Crippen molar-refractivity contribution in [3.8, 4) is 0 Å². The summed E-state index contributed by atoms with van der Waals surface area (Å²) in [5.41, 5.74) is 0.149. The smallest absolute Gasteiger partial charge is 0.332 e. The van der Waals surface area contributed by atoms with E-state index in [2.05, 4.69) is 22.2 Å². The largest absolute Gasteiger partial charge is 0.364 e. The molecule has 100 valence electrons. The van der Waals surface area contributed by atoms with Crippen LogP contribution in [0.15, 0.2) is 0 Å². The van der Waals surface area contributed by atoms with Crippen LogP contribution in [0.2, 0.25) is 5.28 Å². The fourth-order valence-electron chi connectivity index (χ4n) is 1.49. The second-order valence-electron chi connectivity index (χ2n) is 3.97. The van der Waals surface area contributed by atoms with Gasteiger partial charge in [0.05, 0.1) is 4.92 Å². The van der Waals surface area contributed by atoms with Crippen LogP contribution in [-0.2, 0) is 0 Å². The van der Waals surface area contributed by atoms with Crippen molar-refractivity contribution in [2.24, 2.45) is 5.92 Å². The Kier molecular flexibility index (Phi) is 5.61. The normalized spacial score (nSPS) is 12.2. The summed E-state index contributed by atoms with van der Waals surface area (Å²) in [6.07, 6.45) is 2.02. The molecular weight excluding hydrogens is 276 g/mol. The number of thioether (sulfide) groups is 1. The highest BCUT2D eigenvalue weighted by molar-refractivity contribution is 7.98. The van der Waals surface area contributed by atoms with Gasteiger partial charge in [0, 0.05) is 6.54 Å². The van der Waals surface area contributed by atoms with Gasteiger partial charge in [0.25, 0.3) is 0 Å². The van der Waals surface area contributed by atoms with Gasteiger partial charge in [0.1, 0.15) is 5.69 Å². The Hall–Kier alpha value is -1.08. The lowest BCUT2D eigenvalue weighted by Crippen LogP contribution is -2.16. The summed E-state index contributed by atoms with van der Waals surface area (Å²) in [5.74, 6) is 1.54. The predicted octanol–water partition coefficient (Wildman–Crippen LogP) is 2.76. The average Bonchev–Trinajstić information content (AvgIpc) is 2.25. The highest BCUT2D eigenvalue weighted by Crippen LogP contribution is 2.26. The molecule has 0 saturated heterocycles. The van der Waals surface area contributed by atoms with E-state index < -0.39 is 4.92 Å². The van der Waals surface area contributed by atoms with Gasteiger partial charge in [-0.05, 0) is 36.5 Å². The quantitative estimate of drug-likeness (QED) is 0.493. The number of halogens is 1. The summed E-state index contributed by atoms with van der Waals surface area (Å²) in [4.78, 5) is 18.1. The average molecular weight is 291 g/mol. The third kappa shape index (κ3) is 3.99. The number of nitrogens with zero attached hydrogens (tertiary/aromatic N) is 3. The number of nitro groups is 1. The van der Waals surface area contributed by atoms with E-state index in [0.29, 0.717) is 12.5 Å². The van der Waals surface area contributed by atoms with E-state index in [1.54, 1.807) is 18.7 Å². The van der Waals surface area contributed by atoms with Crippen molar-refractivity contribution in [1.82, 2.24) is 9.97 Å². The number of anilines is 1. The molecule has 1 rings (SSSR count). The van der Waals surface area contributed by atoms with E-state index in [-0.39, 0.29) is 22.5 Å². The summed E-state index contributed by atoms with van der Waals surface area (Å²) >= 11 is 7.44. The van der Waals surface area contributed by atoms with Crippen LogP contribution in [0.5, 0.6) is 0 Å². The molecule has 0 radical (unpaired) electrons. The zero-order valence-electron chi connectivity index (χ0n) is 10.4. The van der Waals surface area contributed by atoms with Crippen LogP contribution < -0.4 is 5.32 Å². The number of hydrogen-bond donors (Lipinski definition) is 1. The number of nitrogens with one attached hydrogen (secondary N) is 1. The van der Waals surface area contributed by atoms with Crippen LogP contribution >= 0.6 is 23.4 Å². The van der Waals surface area contributed by atoms with Crippen LogP contribution in [0, 0.1) is 23.0 Å². The topological polar surface area (TPSA) is 81.0 Å². The molecule has 1 heterocycles. The molecule has 0 aliphatic carbocycles. The molecule has 0 bridgehead atoms. The number of hydrogen-bond acceptors (Lipinski definition) is 6. The fraction of sp³-hybridized carbons (Fsp3) is 0.600. The second kappa shape index (κ2) is 6.75. The minimum Gasteiger partial charge on any atom is -0.364 e. The molecule has 18 heavy (non-hydrogen) atoms. The van der Waals surface area contributed by atoms with Gasteiger partial charge >= 0.3 is 5.69 Å². The van der Waals surface area contributed by atoms with E-state index in [1.807, 2.05) is 6.26 Å². The van der Waals surface area contributed by atoms with Crippen LogP contribution in [0.4, 0.5) is 11.5 Å². The third-order valence-corrected chi connectivity index (χ3v) is 3.35. The minimum absolute atomic E-state index is 0.0121. The van der Waals surface area contributed by atoms with E-state index >= 15 is 0 Å². The highest BCUT2D eigenvalue weighted by Gasteiger charge is 2.21. The first-order valence-corrected chi connectivity index (χ1v) is 7.14. The van der Waals surface area contributed by atoms with Gasteiger partial charge in [-0.1, -0.05) is 6.92 Å². The Labute approximate surface area is 115 Å². The molecule has 1 atom stereocenters. The molecule has 0 fully saturated rings. The Morgan fingerprint density at radius 3 is 2.78 bits per heavy atom. The summed E-state index contributed by atoms with van der Waals surface area (Å²) in [7, 11) is 0.